The maximum Gasteiger partial charge on any atom is 0.229 e. The van der Waals surface area contributed by atoms with E-state index in [1.165, 1.54) is 69.8 Å². The van der Waals surface area contributed by atoms with E-state index in [0.29, 0.717) is 12.2 Å². The Morgan fingerprint density at radius 1 is 0.800 bits per heavy atom. The van der Waals surface area contributed by atoms with Crippen LogP contribution < -0.4 is 5.32 Å². The molecule has 0 aliphatic heterocycles. The van der Waals surface area contributed by atoms with Crippen LogP contribution in [0.25, 0.3) is 0 Å². The molecule has 0 unspecified atom stereocenters. The molecule has 1 aromatic rings. The molecule has 0 spiro atoms. The second kappa shape index (κ2) is 10.7. The average Bonchev–Trinajstić information content (AvgIpc) is 2.63. The Morgan fingerprint density at radius 2 is 1.36 bits per heavy atom. The number of nitrogens with zero attached hydrogens (tertiary/aromatic N) is 2. The molecule has 1 aliphatic rings. The molecule has 0 saturated heterocycles. The Labute approximate surface area is 150 Å². The summed E-state index contributed by atoms with van der Waals surface area (Å²) in [5, 5.41) is 3.09. The number of hydrogen-bond acceptors (Lipinski definition) is 5. The van der Waals surface area contributed by atoms with E-state index in [1.807, 2.05) is 0 Å². The number of nitrogens with one attached hydrogen (secondary N) is 1. The first-order chi connectivity index (χ1) is 12.2. The molecule has 1 aliphatic carbocycles. The molecule has 2 rings (SSSR count). The van der Waals surface area contributed by atoms with Gasteiger partial charge in [0, 0.05) is 25.0 Å². The van der Waals surface area contributed by atoms with Crippen LogP contribution in [-0.2, 0) is 0 Å². The Bertz CT molecular complexity index is 611. The average molecular weight is 343 g/mol. The Kier molecular flexibility index (Phi) is 8.29. The summed E-state index contributed by atoms with van der Waals surface area (Å²) in [4.78, 5) is 32.2. The van der Waals surface area contributed by atoms with Gasteiger partial charge in [0.05, 0.1) is 5.70 Å². The van der Waals surface area contributed by atoms with Gasteiger partial charge in [-0.15, -0.1) is 0 Å². The maximum absolute atomic E-state index is 12.3. The van der Waals surface area contributed by atoms with Crippen molar-refractivity contribution in [2.75, 3.05) is 6.54 Å². The number of fused-ring (bicyclic) bond motifs is 1. The van der Waals surface area contributed by atoms with Crippen LogP contribution in [0, 0.1) is 0 Å². The molecule has 5 heteroatoms. The van der Waals surface area contributed by atoms with E-state index in [-0.39, 0.29) is 23.0 Å². The zero-order valence-electron chi connectivity index (χ0n) is 15.2. The van der Waals surface area contributed by atoms with Gasteiger partial charge in [0.1, 0.15) is 11.4 Å². The van der Waals surface area contributed by atoms with Crippen molar-refractivity contribution in [3.05, 3.63) is 35.6 Å². The predicted octanol–water partition coefficient (Wildman–Crippen LogP) is 4.25. The van der Waals surface area contributed by atoms with Crippen LogP contribution in [0.4, 0.5) is 0 Å². The summed E-state index contributed by atoms with van der Waals surface area (Å²) < 4.78 is 0. The molecule has 136 valence electrons. The lowest BCUT2D eigenvalue weighted by Gasteiger charge is -2.14. The van der Waals surface area contributed by atoms with Crippen molar-refractivity contribution in [1.29, 1.82) is 0 Å². The van der Waals surface area contributed by atoms with Crippen LogP contribution in [0.2, 0.25) is 0 Å². The third-order valence-electron chi connectivity index (χ3n) is 4.51. The highest BCUT2D eigenvalue weighted by atomic mass is 16.1. The number of unbranched alkanes of at least 4 members (excludes halogenated alkanes) is 9. The van der Waals surface area contributed by atoms with Crippen LogP contribution in [-0.4, -0.2) is 28.1 Å². The summed E-state index contributed by atoms with van der Waals surface area (Å²) in [6.45, 7) is 2.95. The van der Waals surface area contributed by atoms with E-state index in [4.69, 9.17) is 0 Å². The molecular formula is C20H29N3O2. The smallest absolute Gasteiger partial charge is 0.229 e. The van der Waals surface area contributed by atoms with Crippen molar-refractivity contribution < 1.29 is 9.59 Å². The lowest BCUT2D eigenvalue weighted by molar-refractivity contribution is 0.0970. The van der Waals surface area contributed by atoms with Crippen LogP contribution in [0.1, 0.15) is 92.1 Å². The molecule has 0 amide bonds. The van der Waals surface area contributed by atoms with Crippen LogP contribution >= 0.6 is 0 Å². The van der Waals surface area contributed by atoms with Gasteiger partial charge >= 0.3 is 0 Å². The number of carbonyl (C=O) groups excluding carboxylic acids is 2. The van der Waals surface area contributed by atoms with Crippen molar-refractivity contribution in [3.8, 4) is 0 Å². The molecule has 1 N–H and O–H groups in total. The minimum Gasteiger partial charge on any atom is -0.382 e. The summed E-state index contributed by atoms with van der Waals surface area (Å²) in [7, 11) is 0. The largest absolute Gasteiger partial charge is 0.382 e. The summed E-state index contributed by atoms with van der Waals surface area (Å²) in [6, 6.07) is 0. The Morgan fingerprint density at radius 3 is 2.00 bits per heavy atom. The Hall–Kier alpha value is -2.04. The highest BCUT2D eigenvalue weighted by Gasteiger charge is 2.27. The van der Waals surface area contributed by atoms with Gasteiger partial charge in [-0.1, -0.05) is 64.7 Å². The fraction of sp³-hybridized carbons (Fsp3) is 0.600. The minimum atomic E-state index is -0.256. The third kappa shape index (κ3) is 6.07. The fourth-order valence-corrected chi connectivity index (χ4v) is 3.04. The molecule has 1 aromatic heterocycles. The molecule has 1 heterocycles. The summed E-state index contributed by atoms with van der Waals surface area (Å²) >= 11 is 0. The topological polar surface area (TPSA) is 72.0 Å². The molecule has 0 aromatic carbocycles. The number of ketones is 2. The fourth-order valence-electron chi connectivity index (χ4n) is 3.04. The third-order valence-corrected chi connectivity index (χ3v) is 4.51. The van der Waals surface area contributed by atoms with Crippen molar-refractivity contribution in [2.45, 2.75) is 71.1 Å². The number of carbonyl (C=O) groups is 2. The lowest BCUT2D eigenvalue weighted by Crippen LogP contribution is -2.29. The second-order valence-corrected chi connectivity index (χ2v) is 6.61. The SMILES string of the molecule is CCCCCCCCCCCCNC1=CC(=O)c2nccnc2C1=O. The highest BCUT2D eigenvalue weighted by Crippen LogP contribution is 2.16. The van der Waals surface area contributed by atoms with Gasteiger partial charge in [0.2, 0.25) is 11.6 Å². The van der Waals surface area contributed by atoms with Crippen LogP contribution in [0.5, 0.6) is 0 Å². The maximum atomic E-state index is 12.3. The summed E-state index contributed by atoms with van der Waals surface area (Å²) in [6.07, 6.45) is 17.0. The highest BCUT2D eigenvalue weighted by molar-refractivity contribution is 6.22. The molecule has 5 nitrogen and oxygen atoms in total. The zero-order chi connectivity index (χ0) is 17.9. The number of Topliss-reactive ketones (excluding diaryl/α,β-unsaturated/α-hetero) is 1. The second-order valence-electron chi connectivity index (χ2n) is 6.61. The van der Waals surface area contributed by atoms with Gasteiger partial charge in [0.25, 0.3) is 0 Å². The first-order valence-electron chi connectivity index (χ1n) is 9.59. The first-order valence-corrected chi connectivity index (χ1v) is 9.59. The molecular weight excluding hydrogens is 314 g/mol. The normalized spacial score (nSPS) is 13.6. The quantitative estimate of drug-likeness (QED) is 0.574. The molecule has 25 heavy (non-hydrogen) atoms. The van der Waals surface area contributed by atoms with Crippen molar-refractivity contribution in [3.63, 3.8) is 0 Å². The first kappa shape index (κ1) is 19.3. The van der Waals surface area contributed by atoms with E-state index in [0.717, 1.165) is 12.8 Å². The number of allylic oxidation sites excluding steroid dienone is 2. The summed E-state index contributed by atoms with van der Waals surface area (Å²) in [5.74, 6) is -0.497. The van der Waals surface area contributed by atoms with Gasteiger partial charge in [-0.25, -0.2) is 9.97 Å². The predicted molar refractivity (Wildman–Crippen MR) is 98.6 cm³/mol. The van der Waals surface area contributed by atoms with E-state index in [1.54, 1.807) is 0 Å². The van der Waals surface area contributed by atoms with Gasteiger partial charge in [-0.2, -0.15) is 0 Å². The van der Waals surface area contributed by atoms with E-state index < -0.39 is 0 Å². The zero-order valence-corrected chi connectivity index (χ0v) is 15.2. The Balaban J connectivity index is 1.58. The summed E-state index contributed by atoms with van der Waals surface area (Å²) in [5.41, 5.74) is 0.645. The van der Waals surface area contributed by atoms with Gasteiger partial charge in [-0.3, -0.25) is 9.59 Å². The molecule has 0 atom stereocenters. The number of rotatable bonds is 12. The monoisotopic (exact) mass is 343 g/mol. The van der Waals surface area contributed by atoms with Gasteiger partial charge in [-0.05, 0) is 6.42 Å². The van der Waals surface area contributed by atoms with Gasteiger partial charge < -0.3 is 5.32 Å². The van der Waals surface area contributed by atoms with Crippen molar-refractivity contribution in [1.82, 2.24) is 15.3 Å². The van der Waals surface area contributed by atoms with Gasteiger partial charge in [0.15, 0.2) is 0 Å². The molecule has 0 saturated carbocycles. The molecule has 0 fully saturated rings. The molecule has 0 bridgehead atoms. The standard InChI is InChI=1S/C20H29N3O2/c1-2-3-4-5-6-7-8-9-10-11-12-21-16-15-17(24)18-19(20(16)25)23-14-13-22-18/h13-15,21H,2-12H2,1H3. The van der Waals surface area contributed by atoms with E-state index in [9.17, 15) is 9.59 Å². The van der Waals surface area contributed by atoms with Crippen molar-refractivity contribution in [2.24, 2.45) is 0 Å². The van der Waals surface area contributed by atoms with E-state index >= 15 is 0 Å². The van der Waals surface area contributed by atoms with Crippen LogP contribution in [0.3, 0.4) is 0 Å². The number of aromatic nitrogens is 2. The van der Waals surface area contributed by atoms with Crippen molar-refractivity contribution >= 4 is 11.6 Å². The lowest BCUT2D eigenvalue weighted by atomic mass is 10.0. The number of hydrogen-bond donors (Lipinski definition) is 1. The van der Waals surface area contributed by atoms with E-state index in [2.05, 4.69) is 22.2 Å². The molecule has 0 radical (unpaired) electrons. The minimum absolute atomic E-state index is 0.150. The van der Waals surface area contributed by atoms with Crippen LogP contribution in [0.15, 0.2) is 24.2 Å².